The maximum absolute atomic E-state index is 13.3. The molecule has 4 aromatic rings. The number of hydrogen-bond donors (Lipinski definition) is 1. The van der Waals surface area contributed by atoms with E-state index in [1.54, 1.807) is 17.6 Å². The van der Waals surface area contributed by atoms with Gasteiger partial charge in [0.1, 0.15) is 0 Å². The molecule has 0 spiro atoms. The quantitative estimate of drug-likeness (QED) is 0.170. The van der Waals surface area contributed by atoms with Crippen molar-refractivity contribution in [2.45, 2.75) is 160 Å². The Bertz CT molecular complexity index is 2160. The first-order valence-corrected chi connectivity index (χ1v) is 21.1. The number of hydrogen-bond acceptors (Lipinski definition) is 10. The molecule has 2 aromatic heterocycles. The van der Waals surface area contributed by atoms with E-state index in [2.05, 4.69) is 47.5 Å². The van der Waals surface area contributed by atoms with Crippen molar-refractivity contribution in [2.24, 2.45) is 0 Å². The van der Waals surface area contributed by atoms with Crippen LogP contribution in [0.15, 0.2) is 58.1 Å². The molecule has 4 fully saturated rings. The van der Waals surface area contributed by atoms with E-state index in [1.165, 1.54) is 38.5 Å². The fraction of sp³-hybridized carbons (Fsp3) is 0.591. The molecule has 4 aliphatic rings. The number of carbonyl (C=O) groups excluding carboxylic acids is 1. The second-order valence-electron chi connectivity index (χ2n) is 16.1. The Morgan fingerprint density at radius 1 is 0.638 bits per heavy atom. The molecular formula is C44H59N6NaO7. The van der Waals surface area contributed by atoms with Gasteiger partial charge in [0, 0.05) is 48.3 Å². The number of aromatic carboxylic acids is 1. The minimum atomic E-state index is -1.25. The first kappa shape index (κ1) is 45.6. The predicted octanol–water partition coefficient (Wildman–Crippen LogP) is 4.21. The molecule has 0 saturated carbocycles. The van der Waals surface area contributed by atoms with Gasteiger partial charge in [-0.25, -0.2) is 19.6 Å². The van der Waals surface area contributed by atoms with Gasteiger partial charge in [-0.2, -0.15) is 0 Å². The number of rotatable bonds is 11. The van der Waals surface area contributed by atoms with Gasteiger partial charge >= 0.3 is 41.5 Å². The summed E-state index contributed by atoms with van der Waals surface area (Å²) < 4.78 is 8.67. The van der Waals surface area contributed by atoms with Crippen LogP contribution < -0.4 is 40.7 Å². The normalized spacial score (nSPS) is 24.0. The number of aromatic nitrogens is 4. The van der Waals surface area contributed by atoms with Gasteiger partial charge in [-0.05, 0) is 108 Å². The van der Waals surface area contributed by atoms with E-state index in [-0.39, 0.29) is 70.7 Å². The number of esters is 1. The Labute approximate surface area is 362 Å². The number of fused-ring (bicyclic) bond motifs is 6. The van der Waals surface area contributed by atoms with Gasteiger partial charge in [0.25, 0.3) is 11.1 Å². The SMILES string of the molecule is CCC(CC)N1[C@@H]2CC[C@H]1CC(n1c(=O)c(C(=O)O)nc3ccccc31)C2.CCOC(=O)c1nc2ccccc2n(C2C[C@H]3CC[C@@H](C2)N3C(CC)CC)c1=O.[Na+].[OH-]. The standard InChI is InChI=1S/C23H31N3O3.C21H27N3O3.Na.H2O/c1-4-15(5-2)25-16-11-12-17(25)14-18(13-16)26-20-10-8-7-9-19(20)24-21(22(26)27)23(28)29-6-3;1-3-13(4-2)23-14-9-10-15(23)12-16(11-14)24-18-8-6-5-7-17(18)22-19(20(24)25)21(26)27;;/h7-10,15-18H,4-6,11-14H2,1-3H3;5-8,13-16H,3-4,9-12H2,1-2H3,(H,26,27);;1H2/q;;+1;/p-1/t16-,17+,18?;14-,15+,16?;;. The van der Waals surface area contributed by atoms with Crippen LogP contribution in [0.4, 0.5) is 0 Å². The number of carbonyl (C=O) groups is 2. The predicted molar refractivity (Wildman–Crippen MR) is 219 cm³/mol. The second kappa shape index (κ2) is 19.7. The monoisotopic (exact) mass is 806 g/mol. The Kier molecular flexibility index (Phi) is 15.5. The van der Waals surface area contributed by atoms with Crippen molar-refractivity contribution in [3.8, 4) is 0 Å². The zero-order valence-corrected chi connectivity index (χ0v) is 37.0. The first-order chi connectivity index (χ1) is 27.1. The van der Waals surface area contributed by atoms with Crippen molar-refractivity contribution in [2.75, 3.05) is 6.61 Å². The summed E-state index contributed by atoms with van der Waals surface area (Å²) in [6.07, 6.45) is 13.1. The van der Waals surface area contributed by atoms with Crippen LogP contribution >= 0.6 is 0 Å². The maximum Gasteiger partial charge on any atom is 1.00 e. The van der Waals surface area contributed by atoms with Gasteiger partial charge in [-0.1, -0.05) is 52.0 Å². The molecule has 0 amide bonds. The average molecular weight is 807 g/mol. The summed E-state index contributed by atoms with van der Waals surface area (Å²) in [7, 11) is 0. The Balaban J connectivity index is 0.000000214. The van der Waals surface area contributed by atoms with E-state index in [1.807, 2.05) is 47.0 Å². The van der Waals surface area contributed by atoms with Crippen molar-refractivity contribution in [3.05, 3.63) is 80.6 Å². The topological polar surface area (TPSA) is 170 Å². The van der Waals surface area contributed by atoms with Crippen LogP contribution in [-0.4, -0.2) is 94.3 Å². The minimum absolute atomic E-state index is 0. The summed E-state index contributed by atoms with van der Waals surface area (Å²) in [6.45, 7) is 11.0. The van der Waals surface area contributed by atoms with Crippen molar-refractivity contribution < 1.29 is 54.5 Å². The molecule has 4 saturated heterocycles. The van der Waals surface area contributed by atoms with Crippen LogP contribution in [0.3, 0.4) is 0 Å². The third kappa shape index (κ3) is 8.58. The van der Waals surface area contributed by atoms with Gasteiger partial charge in [0.2, 0.25) is 11.4 Å². The van der Waals surface area contributed by atoms with Crippen LogP contribution in [0.1, 0.15) is 145 Å². The summed E-state index contributed by atoms with van der Waals surface area (Å²) >= 11 is 0. The third-order valence-electron chi connectivity index (χ3n) is 13.2. The average Bonchev–Trinajstić information content (AvgIpc) is 3.60. The molecule has 2 aromatic carbocycles. The molecule has 8 rings (SSSR count). The van der Waals surface area contributed by atoms with Crippen LogP contribution in [0.5, 0.6) is 0 Å². The summed E-state index contributed by atoms with van der Waals surface area (Å²) in [5, 5.41) is 9.46. The van der Waals surface area contributed by atoms with Crippen LogP contribution in [0.25, 0.3) is 22.1 Å². The Hall–Kier alpha value is -3.46. The van der Waals surface area contributed by atoms with Gasteiger partial charge in [0.15, 0.2) is 0 Å². The van der Waals surface area contributed by atoms with E-state index in [0.717, 1.165) is 49.6 Å². The van der Waals surface area contributed by atoms with E-state index in [0.29, 0.717) is 47.3 Å². The van der Waals surface area contributed by atoms with E-state index < -0.39 is 17.5 Å². The number of carboxylic acid groups (broad SMARTS) is 1. The molecule has 2 N–H and O–H groups in total. The molecular weight excluding hydrogens is 748 g/mol. The number of nitrogens with zero attached hydrogens (tertiary/aromatic N) is 6. The molecule has 13 nitrogen and oxygen atoms in total. The summed E-state index contributed by atoms with van der Waals surface area (Å²) in [5.74, 6) is -1.88. The van der Waals surface area contributed by atoms with Crippen LogP contribution in [-0.2, 0) is 4.74 Å². The molecule has 6 heterocycles. The molecule has 4 bridgehead atoms. The van der Waals surface area contributed by atoms with Crippen LogP contribution in [0, 0.1) is 0 Å². The summed E-state index contributed by atoms with van der Waals surface area (Å²) in [6, 6.07) is 18.3. The third-order valence-corrected chi connectivity index (χ3v) is 13.2. The van der Waals surface area contributed by atoms with Gasteiger partial charge < -0.3 is 24.5 Å². The Morgan fingerprint density at radius 2 is 1.00 bits per heavy atom. The molecule has 308 valence electrons. The number of para-hydroxylation sites is 4. The zero-order valence-electron chi connectivity index (χ0n) is 35.0. The first-order valence-electron chi connectivity index (χ1n) is 21.1. The number of ether oxygens (including phenoxy) is 1. The molecule has 14 heteroatoms. The van der Waals surface area contributed by atoms with Gasteiger partial charge in [-0.3, -0.25) is 19.4 Å². The molecule has 2 unspecified atom stereocenters. The van der Waals surface area contributed by atoms with E-state index in [4.69, 9.17) is 4.74 Å². The zero-order chi connectivity index (χ0) is 39.7. The van der Waals surface area contributed by atoms with E-state index in [9.17, 15) is 24.3 Å². The molecule has 6 atom stereocenters. The fourth-order valence-corrected chi connectivity index (χ4v) is 10.9. The number of benzene rings is 2. The molecule has 0 aliphatic carbocycles. The largest absolute Gasteiger partial charge is 1.00 e. The van der Waals surface area contributed by atoms with Crippen molar-refractivity contribution in [1.82, 2.24) is 28.9 Å². The fourth-order valence-electron chi connectivity index (χ4n) is 10.9. The van der Waals surface area contributed by atoms with Crippen LogP contribution in [0.2, 0.25) is 0 Å². The second-order valence-corrected chi connectivity index (χ2v) is 16.1. The minimum Gasteiger partial charge on any atom is -0.870 e. The molecule has 58 heavy (non-hydrogen) atoms. The van der Waals surface area contributed by atoms with Crippen molar-refractivity contribution >= 4 is 34.0 Å². The van der Waals surface area contributed by atoms with Gasteiger partial charge in [0.05, 0.1) is 28.7 Å². The van der Waals surface area contributed by atoms with E-state index >= 15 is 0 Å². The Morgan fingerprint density at radius 3 is 1.36 bits per heavy atom. The van der Waals surface area contributed by atoms with Gasteiger partial charge in [-0.15, -0.1) is 0 Å². The molecule has 4 aliphatic heterocycles. The number of piperidine rings is 2. The van der Waals surface area contributed by atoms with Crippen molar-refractivity contribution in [3.63, 3.8) is 0 Å². The summed E-state index contributed by atoms with van der Waals surface area (Å²) in [5.41, 5.74) is 1.54. The maximum atomic E-state index is 13.3. The molecule has 0 radical (unpaired) electrons. The smallest absolute Gasteiger partial charge is 0.870 e. The van der Waals surface area contributed by atoms with Crippen molar-refractivity contribution in [1.29, 1.82) is 0 Å². The summed E-state index contributed by atoms with van der Waals surface area (Å²) in [4.78, 5) is 64.2. The number of carboxylic acids is 1.